The van der Waals surface area contributed by atoms with E-state index in [1.165, 1.54) is 0 Å². The quantitative estimate of drug-likeness (QED) is 0.679. The van der Waals surface area contributed by atoms with Crippen LogP contribution < -0.4 is 5.32 Å². The summed E-state index contributed by atoms with van der Waals surface area (Å²) < 4.78 is 2.41. The Bertz CT molecular complexity index is 806. The molecule has 0 radical (unpaired) electrons. The molecule has 1 saturated carbocycles. The maximum Gasteiger partial charge on any atom is 0.222 e. The highest BCUT2D eigenvalue weighted by Crippen LogP contribution is 2.24. The summed E-state index contributed by atoms with van der Waals surface area (Å²) in [6.45, 7) is 2.78. The maximum absolute atomic E-state index is 12.3. The van der Waals surface area contributed by atoms with Crippen LogP contribution in [0, 0.1) is 17.6 Å². The first-order chi connectivity index (χ1) is 12.6. The van der Waals surface area contributed by atoms with E-state index in [2.05, 4.69) is 21.6 Å². The monoisotopic (exact) mass is 374 g/mol. The fourth-order valence-electron chi connectivity index (χ4n) is 3.53. The van der Waals surface area contributed by atoms with E-state index in [1.54, 1.807) is 0 Å². The van der Waals surface area contributed by atoms with Crippen molar-refractivity contribution in [2.75, 3.05) is 6.61 Å². The van der Waals surface area contributed by atoms with Crippen molar-refractivity contribution >= 4 is 18.1 Å². The molecule has 6 nitrogen and oxygen atoms in total. The molecular weight excluding hydrogens is 348 g/mol. The number of hydrogen-bond donors (Lipinski definition) is 3. The van der Waals surface area contributed by atoms with Crippen molar-refractivity contribution in [3.8, 4) is 11.4 Å². The first kappa shape index (κ1) is 18.8. The number of nitrogens with one attached hydrogen (secondary N) is 2. The van der Waals surface area contributed by atoms with E-state index in [9.17, 15) is 9.90 Å². The number of amides is 1. The summed E-state index contributed by atoms with van der Waals surface area (Å²) in [5, 5.41) is 19.5. The summed E-state index contributed by atoms with van der Waals surface area (Å²) >= 11 is 5.33. The molecule has 1 amide bonds. The van der Waals surface area contributed by atoms with Crippen LogP contribution in [-0.4, -0.2) is 38.4 Å². The molecular formula is C19H26N4O2S. The van der Waals surface area contributed by atoms with Crippen molar-refractivity contribution in [1.29, 1.82) is 0 Å². The van der Waals surface area contributed by atoms with E-state index < -0.39 is 0 Å². The molecule has 1 fully saturated rings. The lowest BCUT2D eigenvalue weighted by Gasteiger charge is -2.28. The Morgan fingerprint density at radius 1 is 1.38 bits per heavy atom. The van der Waals surface area contributed by atoms with Crippen molar-refractivity contribution in [1.82, 2.24) is 20.1 Å². The van der Waals surface area contributed by atoms with Crippen LogP contribution in [0.1, 0.15) is 37.7 Å². The molecule has 0 atom stereocenters. The average Bonchev–Trinajstić information content (AvgIpc) is 3.01. The van der Waals surface area contributed by atoms with Gasteiger partial charge in [0, 0.05) is 31.2 Å². The van der Waals surface area contributed by atoms with E-state index in [4.69, 9.17) is 12.2 Å². The number of hydrogen-bond acceptors (Lipinski definition) is 4. The minimum absolute atomic E-state index is 0.0377. The van der Waals surface area contributed by atoms with Gasteiger partial charge in [0.15, 0.2) is 10.6 Å². The van der Waals surface area contributed by atoms with Gasteiger partial charge in [0.2, 0.25) is 5.91 Å². The van der Waals surface area contributed by atoms with Crippen LogP contribution in [0.15, 0.2) is 24.3 Å². The van der Waals surface area contributed by atoms with Crippen molar-refractivity contribution in [2.24, 2.45) is 5.92 Å². The van der Waals surface area contributed by atoms with Gasteiger partial charge in [0.05, 0.1) is 0 Å². The summed E-state index contributed by atoms with van der Waals surface area (Å²) in [5.74, 6) is 1.19. The number of H-pyrrole nitrogens is 1. The maximum atomic E-state index is 12.3. The minimum atomic E-state index is 0.0377. The van der Waals surface area contributed by atoms with Gasteiger partial charge in [-0.15, -0.1) is 0 Å². The molecule has 1 heterocycles. The van der Waals surface area contributed by atoms with Gasteiger partial charge in [-0.05, 0) is 56.8 Å². The number of aliphatic hydroxyl groups excluding tert-OH is 1. The van der Waals surface area contributed by atoms with Gasteiger partial charge in [-0.1, -0.05) is 23.8 Å². The molecule has 2 aromatic rings. The van der Waals surface area contributed by atoms with E-state index in [0.717, 1.165) is 42.6 Å². The summed E-state index contributed by atoms with van der Waals surface area (Å²) in [5.41, 5.74) is 2.14. The number of aryl methyl sites for hydroxylation is 1. The van der Waals surface area contributed by atoms with Gasteiger partial charge in [0.1, 0.15) is 0 Å². The fourth-order valence-corrected chi connectivity index (χ4v) is 3.76. The van der Waals surface area contributed by atoms with Crippen LogP contribution >= 0.6 is 12.2 Å². The number of aromatic nitrogens is 3. The lowest BCUT2D eigenvalue weighted by molar-refractivity contribution is -0.122. The van der Waals surface area contributed by atoms with Crippen LogP contribution in [0.2, 0.25) is 0 Å². The van der Waals surface area contributed by atoms with E-state index in [-0.39, 0.29) is 18.6 Å². The highest BCUT2D eigenvalue weighted by atomic mass is 32.1. The lowest BCUT2D eigenvalue weighted by Crippen LogP contribution is -2.38. The van der Waals surface area contributed by atoms with Gasteiger partial charge in [-0.3, -0.25) is 14.5 Å². The number of aromatic amines is 1. The summed E-state index contributed by atoms with van der Waals surface area (Å²) in [7, 11) is 0. The largest absolute Gasteiger partial charge is 0.396 e. The molecule has 26 heavy (non-hydrogen) atoms. The Morgan fingerprint density at radius 3 is 2.85 bits per heavy atom. The van der Waals surface area contributed by atoms with E-state index in [0.29, 0.717) is 23.7 Å². The summed E-state index contributed by atoms with van der Waals surface area (Å²) in [6, 6.07) is 8.30. The highest BCUT2D eigenvalue weighted by molar-refractivity contribution is 7.71. The third-order valence-corrected chi connectivity index (χ3v) is 5.38. The number of rotatable bonds is 6. The molecule has 1 aromatic heterocycles. The fraction of sp³-hybridized carbons (Fsp3) is 0.526. The lowest BCUT2D eigenvalue weighted by atomic mass is 9.86. The topological polar surface area (TPSA) is 82.9 Å². The van der Waals surface area contributed by atoms with Crippen LogP contribution in [0.4, 0.5) is 0 Å². The Hall–Kier alpha value is -1.99. The molecule has 0 saturated heterocycles. The highest BCUT2D eigenvalue weighted by Gasteiger charge is 2.22. The van der Waals surface area contributed by atoms with Crippen LogP contribution in [0.3, 0.4) is 0 Å². The molecule has 3 N–H and O–H groups in total. The SMILES string of the molecule is Cc1cccc(-c2n[nH]c(=S)n2CCC(=O)NC2CCC(CO)CC2)c1. The molecule has 140 valence electrons. The van der Waals surface area contributed by atoms with Gasteiger partial charge in [-0.2, -0.15) is 5.10 Å². The number of carbonyl (C=O) groups is 1. The van der Waals surface area contributed by atoms with Crippen LogP contribution in [-0.2, 0) is 11.3 Å². The second kappa shape index (κ2) is 8.60. The first-order valence-corrected chi connectivity index (χ1v) is 9.60. The zero-order chi connectivity index (χ0) is 18.5. The van der Waals surface area contributed by atoms with Gasteiger partial charge < -0.3 is 10.4 Å². The Kier molecular flexibility index (Phi) is 6.21. The van der Waals surface area contributed by atoms with E-state index in [1.807, 2.05) is 29.7 Å². The number of benzene rings is 1. The second-order valence-electron chi connectivity index (χ2n) is 7.09. The smallest absolute Gasteiger partial charge is 0.222 e. The standard InChI is InChI=1S/C19H26N4O2S/c1-13-3-2-4-15(11-13)18-21-22-19(26)23(18)10-9-17(25)20-16-7-5-14(12-24)6-8-16/h2-4,11,14,16,24H,5-10,12H2,1H3,(H,20,25)(H,22,26). The molecule has 0 unspecified atom stereocenters. The Morgan fingerprint density at radius 2 is 2.15 bits per heavy atom. The molecule has 0 spiro atoms. The molecule has 0 bridgehead atoms. The molecule has 0 aliphatic heterocycles. The number of nitrogens with zero attached hydrogens (tertiary/aromatic N) is 2. The van der Waals surface area contributed by atoms with Crippen molar-refractivity contribution in [3.63, 3.8) is 0 Å². The second-order valence-corrected chi connectivity index (χ2v) is 7.48. The van der Waals surface area contributed by atoms with Crippen LogP contribution in [0.5, 0.6) is 0 Å². The number of aliphatic hydroxyl groups is 1. The molecule has 3 rings (SSSR count). The average molecular weight is 375 g/mol. The predicted octanol–water partition coefficient (Wildman–Crippen LogP) is 2.97. The summed E-state index contributed by atoms with van der Waals surface area (Å²) in [6.07, 6.45) is 4.21. The molecule has 1 aromatic carbocycles. The van der Waals surface area contributed by atoms with Gasteiger partial charge in [-0.25, -0.2) is 0 Å². The molecule has 1 aliphatic carbocycles. The zero-order valence-electron chi connectivity index (χ0n) is 15.1. The third kappa shape index (κ3) is 4.59. The van der Waals surface area contributed by atoms with Crippen molar-refractivity contribution in [3.05, 3.63) is 34.6 Å². The van der Waals surface area contributed by atoms with Crippen molar-refractivity contribution < 1.29 is 9.90 Å². The Balaban J connectivity index is 1.59. The minimum Gasteiger partial charge on any atom is -0.396 e. The summed E-state index contributed by atoms with van der Waals surface area (Å²) in [4.78, 5) is 12.3. The Labute approximate surface area is 158 Å². The zero-order valence-corrected chi connectivity index (χ0v) is 15.9. The normalized spacial score (nSPS) is 20.1. The third-order valence-electron chi connectivity index (χ3n) is 5.07. The predicted molar refractivity (Wildman–Crippen MR) is 103 cm³/mol. The number of carbonyl (C=O) groups excluding carboxylic acids is 1. The first-order valence-electron chi connectivity index (χ1n) is 9.19. The van der Waals surface area contributed by atoms with Crippen LogP contribution in [0.25, 0.3) is 11.4 Å². The molecule has 7 heteroatoms. The van der Waals surface area contributed by atoms with Gasteiger partial charge in [0.25, 0.3) is 0 Å². The van der Waals surface area contributed by atoms with E-state index >= 15 is 0 Å². The molecule has 1 aliphatic rings. The van der Waals surface area contributed by atoms with Gasteiger partial charge >= 0.3 is 0 Å². The van der Waals surface area contributed by atoms with Crippen molar-refractivity contribution in [2.45, 2.75) is 51.6 Å².